The first-order chi connectivity index (χ1) is 11.2. The van der Waals surface area contributed by atoms with Crippen LogP contribution in [0.4, 0.5) is 11.4 Å². The molecule has 2 rings (SSSR count). The van der Waals surface area contributed by atoms with Crippen LogP contribution in [0.15, 0.2) is 52.4 Å². The van der Waals surface area contributed by atoms with Gasteiger partial charge < -0.3 is 4.90 Å². The Hall–Kier alpha value is -1.90. The van der Waals surface area contributed by atoms with Gasteiger partial charge in [0.15, 0.2) is 5.71 Å². The molecular weight excluding hydrogens is 346 g/mol. The fourth-order valence-corrected chi connectivity index (χ4v) is 3.69. The third-order valence-electron chi connectivity index (χ3n) is 3.27. The molecule has 0 aliphatic heterocycles. The molecule has 1 N–H and O–H groups in total. The van der Waals surface area contributed by atoms with Crippen molar-refractivity contribution in [1.82, 2.24) is 0 Å². The monoisotopic (exact) mass is 366 g/mol. The molecule has 0 aromatic heterocycles. The first kappa shape index (κ1) is 18.4. The zero-order valence-corrected chi connectivity index (χ0v) is 15.6. The van der Waals surface area contributed by atoms with Gasteiger partial charge in [-0.2, -0.15) is 8.42 Å². The molecule has 0 heterocycles. The second-order valence-corrected chi connectivity index (χ2v) is 8.81. The lowest BCUT2D eigenvalue weighted by Gasteiger charge is -2.14. The maximum atomic E-state index is 11.3. The number of hydrogen-bond donors (Lipinski definition) is 1. The average Bonchev–Trinajstić information content (AvgIpc) is 2.48. The molecule has 0 radical (unpaired) electrons. The molecule has 1 aromatic rings. The van der Waals surface area contributed by atoms with Crippen LogP contribution >= 0.6 is 10.8 Å². The van der Waals surface area contributed by atoms with Crippen molar-refractivity contribution in [3.63, 3.8) is 0 Å². The molecule has 0 saturated carbocycles. The summed E-state index contributed by atoms with van der Waals surface area (Å²) in [5.74, 6) is 0. The largest absolute Gasteiger partial charge is 0.378 e. The van der Waals surface area contributed by atoms with E-state index < -0.39 is 9.15 Å². The zero-order valence-electron chi connectivity index (χ0n) is 14.0. The van der Waals surface area contributed by atoms with E-state index in [1.165, 1.54) is 0 Å². The molecule has 0 unspecified atom stereocenters. The van der Waals surface area contributed by atoms with E-state index in [4.69, 9.17) is 4.55 Å². The minimum Gasteiger partial charge on any atom is -0.378 e. The molecule has 0 amide bonds. The van der Waals surface area contributed by atoms with Crippen LogP contribution in [-0.2, 0) is 9.15 Å². The van der Waals surface area contributed by atoms with Crippen LogP contribution in [0.1, 0.15) is 0 Å². The van der Waals surface area contributed by atoms with Crippen LogP contribution in [0.5, 0.6) is 0 Å². The van der Waals surface area contributed by atoms with Crippen molar-refractivity contribution in [3.05, 3.63) is 42.5 Å². The number of hydrogen-bond acceptors (Lipinski definition) is 5. The summed E-state index contributed by atoms with van der Waals surface area (Å²) in [7, 11) is 3.78. The predicted octanol–water partition coefficient (Wildman–Crippen LogP) is 2.56. The van der Waals surface area contributed by atoms with Crippen molar-refractivity contribution in [1.29, 1.82) is 0 Å². The Bertz CT molecular complexity index is 845. The second-order valence-electron chi connectivity index (χ2n) is 5.58. The Kier molecular flexibility index (Phi) is 5.63. The standard InChI is InChI=1S/C16H19N3O3S2/c1-18(2)13-7-5-12(6-8-13)17-15-10-9-14(19(3)4)11-16(15)23-24(20,21)22/h5-11H,1-4H3/p+1. The number of benzene rings is 1. The van der Waals surface area contributed by atoms with E-state index in [-0.39, 0.29) is 0 Å². The van der Waals surface area contributed by atoms with Crippen LogP contribution in [0.2, 0.25) is 0 Å². The number of nitrogens with zero attached hydrogens (tertiary/aromatic N) is 3. The fraction of sp³-hybridized carbons (Fsp3) is 0.250. The van der Waals surface area contributed by atoms with Crippen LogP contribution in [-0.4, -0.2) is 57.2 Å². The molecule has 0 fully saturated rings. The number of anilines is 1. The Morgan fingerprint density at radius 2 is 1.75 bits per heavy atom. The minimum absolute atomic E-state index is 0.375. The van der Waals surface area contributed by atoms with E-state index in [1.807, 2.05) is 68.0 Å². The fourth-order valence-electron chi connectivity index (χ4n) is 2.02. The van der Waals surface area contributed by atoms with Gasteiger partial charge in [-0.15, -0.1) is 0 Å². The van der Waals surface area contributed by atoms with Gasteiger partial charge in [0.25, 0.3) is 0 Å². The maximum absolute atomic E-state index is 11.3. The van der Waals surface area contributed by atoms with Gasteiger partial charge >= 0.3 is 9.15 Å². The summed E-state index contributed by atoms with van der Waals surface area (Å²) in [6, 6.07) is 5.27. The van der Waals surface area contributed by atoms with Crippen molar-refractivity contribution in [3.8, 4) is 0 Å². The average molecular weight is 366 g/mol. The number of allylic oxidation sites excluding steroid dienone is 4. The normalized spacial score (nSPS) is 14.0. The summed E-state index contributed by atoms with van der Waals surface area (Å²) in [5, 5.41) is 0. The number of aliphatic imine (C=N–C) groups is 1. The third-order valence-corrected chi connectivity index (χ3v) is 5.16. The predicted molar refractivity (Wildman–Crippen MR) is 101 cm³/mol. The maximum Gasteiger partial charge on any atom is 0.324 e. The van der Waals surface area contributed by atoms with E-state index in [0.717, 1.165) is 11.4 Å². The molecule has 1 aliphatic rings. The molecular formula is C16H20N3O3S2+. The summed E-state index contributed by atoms with van der Waals surface area (Å²) >= 11 is 0. The highest BCUT2D eigenvalue weighted by Crippen LogP contribution is 2.36. The molecule has 24 heavy (non-hydrogen) atoms. The lowest BCUT2D eigenvalue weighted by molar-refractivity contribution is -0.462. The molecule has 1 aromatic carbocycles. The quantitative estimate of drug-likeness (QED) is 0.384. The van der Waals surface area contributed by atoms with Crippen LogP contribution < -0.4 is 4.90 Å². The van der Waals surface area contributed by atoms with Crippen LogP contribution in [0.25, 0.3) is 0 Å². The van der Waals surface area contributed by atoms with Crippen molar-refractivity contribution in [2.45, 2.75) is 4.90 Å². The highest BCUT2D eigenvalue weighted by Gasteiger charge is 2.14. The van der Waals surface area contributed by atoms with Crippen molar-refractivity contribution >= 4 is 42.7 Å². The van der Waals surface area contributed by atoms with Gasteiger partial charge in [0, 0.05) is 42.7 Å². The Morgan fingerprint density at radius 1 is 1.12 bits per heavy atom. The first-order valence-corrected chi connectivity index (χ1v) is 9.90. The Balaban J connectivity index is 2.43. The SMILES string of the molecule is CN(C)c1ccc(N=C2C=CC(=[N+](C)C)C=C2)c(SS(=O)(=O)O)c1. The van der Waals surface area contributed by atoms with Gasteiger partial charge in [-0.1, -0.05) is 0 Å². The summed E-state index contributed by atoms with van der Waals surface area (Å²) in [5.41, 5.74) is 3.06. The third kappa shape index (κ3) is 5.05. The van der Waals surface area contributed by atoms with Crippen LogP contribution in [0.3, 0.4) is 0 Å². The van der Waals surface area contributed by atoms with E-state index in [0.29, 0.717) is 27.1 Å². The molecule has 0 atom stereocenters. The Labute approximate surface area is 146 Å². The number of rotatable bonds is 4. The van der Waals surface area contributed by atoms with E-state index in [2.05, 4.69) is 4.99 Å². The minimum atomic E-state index is -4.22. The van der Waals surface area contributed by atoms with Gasteiger partial charge in [-0.3, -0.25) is 4.55 Å². The zero-order chi connectivity index (χ0) is 17.9. The highest BCUT2D eigenvalue weighted by molar-refractivity contribution is 8.70. The van der Waals surface area contributed by atoms with Crippen LogP contribution in [0, 0.1) is 0 Å². The van der Waals surface area contributed by atoms with Gasteiger partial charge in [-0.05, 0) is 30.4 Å². The highest BCUT2D eigenvalue weighted by atomic mass is 33.1. The summed E-state index contributed by atoms with van der Waals surface area (Å²) in [6.07, 6.45) is 7.58. The Morgan fingerprint density at radius 3 is 2.25 bits per heavy atom. The van der Waals surface area contributed by atoms with Gasteiger partial charge in [0.1, 0.15) is 14.1 Å². The molecule has 0 spiro atoms. The summed E-state index contributed by atoms with van der Waals surface area (Å²) < 4.78 is 33.7. The van der Waals surface area contributed by atoms with Crippen molar-refractivity contribution < 1.29 is 17.5 Å². The van der Waals surface area contributed by atoms with Gasteiger partial charge in [-0.25, -0.2) is 9.57 Å². The smallest absolute Gasteiger partial charge is 0.324 e. The molecule has 128 valence electrons. The molecule has 1 aliphatic carbocycles. The topological polar surface area (TPSA) is 73.0 Å². The molecule has 8 heteroatoms. The van der Waals surface area contributed by atoms with E-state index in [1.54, 1.807) is 12.1 Å². The first-order valence-electron chi connectivity index (χ1n) is 7.13. The van der Waals surface area contributed by atoms with Gasteiger partial charge in [0.05, 0.1) is 16.3 Å². The van der Waals surface area contributed by atoms with Crippen molar-refractivity contribution in [2.24, 2.45) is 4.99 Å². The molecule has 0 saturated heterocycles. The lowest BCUT2D eigenvalue weighted by Crippen LogP contribution is -2.11. The van der Waals surface area contributed by atoms with E-state index >= 15 is 0 Å². The summed E-state index contributed by atoms with van der Waals surface area (Å²) in [6.45, 7) is 0. The summed E-state index contributed by atoms with van der Waals surface area (Å²) in [4.78, 5) is 6.72. The lowest BCUT2D eigenvalue weighted by atomic mass is 10.1. The molecule has 0 bridgehead atoms. The van der Waals surface area contributed by atoms with E-state index in [9.17, 15) is 8.42 Å². The van der Waals surface area contributed by atoms with Gasteiger partial charge in [0.2, 0.25) is 0 Å². The molecule has 6 nitrogen and oxygen atoms in total. The second kappa shape index (κ2) is 7.33. The van der Waals surface area contributed by atoms with Crippen molar-refractivity contribution in [2.75, 3.05) is 33.1 Å².